The van der Waals surface area contributed by atoms with Crippen LogP contribution in [0.1, 0.15) is 43.7 Å². The average molecular weight is 295 g/mol. The molecular formula is C15H21NO3S. The molecule has 3 rings (SSSR count). The van der Waals surface area contributed by atoms with Crippen molar-refractivity contribution in [3.05, 3.63) is 29.8 Å². The van der Waals surface area contributed by atoms with Crippen molar-refractivity contribution in [1.82, 2.24) is 0 Å². The molecule has 5 heteroatoms. The van der Waals surface area contributed by atoms with Crippen LogP contribution in [0.2, 0.25) is 0 Å². The molecule has 0 aromatic heterocycles. The Morgan fingerprint density at radius 1 is 1.10 bits per heavy atom. The van der Waals surface area contributed by atoms with Gasteiger partial charge in [-0.3, -0.25) is 0 Å². The predicted molar refractivity (Wildman–Crippen MR) is 78.4 cm³/mol. The first-order valence-corrected chi connectivity index (χ1v) is 9.01. The van der Waals surface area contributed by atoms with Crippen LogP contribution in [0, 0.1) is 0 Å². The van der Waals surface area contributed by atoms with Gasteiger partial charge < -0.3 is 10.5 Å². The second kappa shape index (κ2) is 5.37. The van der Waals surface area contributed by atoms with Gasteiger partial charge in [0.1, 0.15) is 5.75 Å². The minimum atomic E-state index is -3.05. The lowest BCUT2D eigenvalue weighted by atomic mass is 10.0. The summed E-state index contributed by atoms with van der Waals surface area (Å²) in [5, 5.41) is -0.438. The summed E-state index contributed by atoms with van der Waals surface area (Å²) in [4.78, 5) is 0. The van der Waals surface area contributed by atoms with Crippen LogP contribution < -0.4 is 10.5 Å². The van der Waals surface area contributed by atoms with Gasteiger partial charge in [0.2, 0.25) is 0 Å². The van der Waals surface area contributed by atoms with E-state index in [2.05, 4.69) is 0 Å². The van der Waals surface area contributed by atoms with Crippen LogP contribution in [0.5, 0.6) is 5.75 Å². The molecule has 0 amide bonds. The van der Waals surface area contributed by atoms with E-state index in [1.165, 1.54) is 0 Å². The van der Waals surface area contributed by atoms with Crippen LogP contribution in [0.4, 0.5) is 0 Å². The van der Waals surface area contributed by atoms with Crippen molar-refractivity contribution in [3.8, 4) is 5.75 Å². The zero-order valence-electron chi connectivity index (χ0n) is 11.5. The Kier molecular flexibility index (Phi) is 3.73. The topological polar surface area (TPSA) is 69.4 Å². The van der Waals surface area contributed by atoms with Crippen molar-refractivity contribution >= 4 is 9.84 Å². The first-order valence-electron chi connectivity index (χ1n) is 7.30. The molecule has 1 aromatic carbocycles. The molecule has 110 valence electrons. The summed E-state index contributed by atoms with van der Waals surface area (Å²) in [7, 11) is -3.05. The highest BCUT2D eigenvalue weighted by molar-refractivity contribution is 7.92. The summed E-state index contributed by atoms with van der Waals surface area (Å²) in [6, 6.07) is 7.14. The standard InChI is InChI=1S/C15H21NO3S/c16-15(14-3-1-2-10-20(14,17)18)11-4-6-12(7-5-11)19-13-8-9-13/h4-7,13-15H,1-3,8-10,16H2. The summed E-state index contributed by atoms with van der Waals surface area (Å²) in [6.45, 7) is 0. The molecule has 1 saturated carbocycles. The molecule has 1 aliphatic heterocycles. The largest absolute Gasteiger partial charge is 0.490 e. The summed E-state index contributed by atoms with van der Waals surface area (Å²) in [5.74, 6) is 1.11. The number of nitrogens with two attached hydrogens (primary N) is 1. The van der Waals surface area contributed by atoms with Gasteiger partial charge in [-0.05, 0) is 43.4 Å². The van der Waals surface area contributed by atoms with E-state index >= 15 is 0 Å². The maximum absolute atomic E-state index is 12.1. The molecule has 1 saturated heterocycles. The van der Waals surface area contributed by atoms with Crippen molar-refractivity contribution in [2.75, 3.05) is 5.75 Å². The molecule has 1 aliphatic carbocycles. The predicted octanol–water partition coefficient (Wildman–Crippen LogP) is 2.19. The van der Waals surface area contributed by atoms with Gasteiger partial charge in [-0.25, -0.2) is 8.42 Å². The van der Waals surface area contributed by atoms with E-state index in [-0.39, 0.29) is 5.75 Å². The van der Waals surface area contributed by atoms with Crippen molar-refractivity contribution in [2.45, 2.75) is 49.5 Å². The minimum absolute atomic E-state index is 0.272. The summed E-state index contributed by atoms with van der Waals surface area (Å²) in [5.41, 5.74) is 7.07. The molecule has 2 atom stereocenters. The van der Waals surface area contributed by atoms with Gasteiger partial charge in [0.15, 0.2) is 9.84 Å². The van der Waals surface area contributed by atoms with E-state index in [9.17, 15) is 8.42 Å². The van der Waals surface area contributed by atoms with E-state index in [4.69, 9.17) is 10.5 Å². The smallest absolute Gasteiger partial charge is 0.155 e. The van der Waals surface area contributed by atoms with Crippen molar-refractivity contribution in [2.24, 2.45) is 5.73 Å². The van der Waals surface area contributed by atoms with Gasteiger partial charge in [0, 0.05) is 6.04 Å². The lowest BCUT2D eigenvalue weighted by molar-refractivity contribution is 0.303. The van der Waals surface area contributed by atoms with Gasteiger partial charge in [-0.2, -0.15) is 0 Å². The summed E-state index contributed by atoms with van der Waals surface area (Å²) in [6.07, 6.45) is 5.00. The number of sulfone groups is 1. The SMILES string of the molecule is NC(c1ccc(OC2CC2)cc1)C1CCCCS1(=O)=O. The molecule has 1 aromatic rings. The Balaban J connectivity index is 1.73. The van der Waals surface area contributed by atoms with Crippen molar-refractivity contribution < 1.29 is 13.2 Å². The lowest BCUT2D eigenvalue weighted by Gasteiger charge is -2.27. The van der Waals surface area contributed by atoms with Gasteiger partial charge in [0.25, 0.3) is 0 Å². The highest BCUT2D eigenvalue weighted by Gasteiger charge is 2.34. The summed E-state index contributed by atoms with van der Waals surface area (Å²) < 4.78 is 29.9. The lowest BCUT2D eigenvalue weighted by Crippen LogP contribution is -2.37. The van der Waals surface area contributed by atoms with Crippen LogP contribution >= 0.6 is 0 Å². The second-order valence-electron chi connectivity index (χ2n) is 5.81. The first kappa shape index (κ1) is 13.9. The van der Waals surface area contributed by atoms with E-state index in [1.807, 2.05) is 24.3 Å². The van der Waals surface area contributed by atoms with E-state index < -0.39 is 21.1 Å². The maximum atomic E-state index is 12.1. The molecule has 4 nitrogen and oxygen atoms in total. The van der Waals surface area contributed by atoms with E-state index in [0.29, 0.717) is 12.5 Å². The van der Waals surface area contributed by atoms with Gasteiger partial charge in [-0.15, -0.1) is 0 Å². The molecule has 0 radical (unpaired) electrons. The number of rotatable bonds is 4. The van der Waals surface area contributed by atoms with Crippen LogP contribution in [0.3, 0.4) is 0 Å². The van der Waals surface area contributed by atoms with E-state index in [1.54, 1.807) is 0 Å². The highest BCUT2D eigenvalue weighted by Crippen LogP contribution is 2.31. The fraction of sp³-hybridized carbons (Fsp3) is 0.600. The van der Waals surface area contributed by atoms with E-state index in [0.717, 1.165) is 37.0 Å². The number of hydrogen-bond donors (Lipinski definition) is 1. The van der Waals surface area contributed by atoms with Crippen LogP contribution in [0.25, 0.3) is 0 Å². The highest BCUT2D eigenvalue weighted by atomic mass is 32.2. The maximum Gasteiger partial charge on any atom is 0.155 e. The number of hydrogen-bond acceptors (Lipinski definition) is 4. The Hall–Kier alpha value is -1.07. The monoisotopic (exact) mass is 295 g/mol. The molecule has 0 spiro atoms. The third kappa shape index (κ3) is 2.99. The zero-order valence-corrected chi connectivity index (χ0v) is 12.3. The van der Waals surface area contributed by atoms with Crippen molar-refractivity contribution in [3.63, 3.8) is 0 Å². The average Bonchev–Trinajstić information content (AvgIpc) is 3.22. The molecule has 2 fully saturated rings. The summed E-state index contributed by atoms with van der Waals surface area (Å²) >= 11 is 0. The minimum Gasteiger partial charge on any atom is -0.490 e. The molecular weight excluding hydrogens is 274 g/mol. The normalized spacial score (nSPS) is 26.9. The molecule has 2 aliphatic rings. The Morgan fingerprint density at radius 3 is 2.40 bits per heavy atom. The Morgan fingerprint density at radius 2 is 1.80 bits per heavy atom. The fourth-order valence-corrected chi connectivity index (χ4v) is 4.78. The fourth-order valence-electron chi connectivity index (χ4n) is 2.74. The molecule has 20 heavy (non-hydrogen) atoms. The third-order valence-electron chi connectivity index (χ3n) is 4.12. The molecule has 1 heterocycles. The third-order valence-corrected chi connectivity index (χ3v) is 6.43. The van der Waals surface area contributed by atoms with Crippen LogP contribution in [-0.2, 0) is 9.84 Å². The zero-order chi connectivity index (χ0) is 14.2. The van der Waals surface area contributed by atoms with Crippen LogP contribution in [-0.4, -0.2) is 25.5 Å². The van der Waals surface area contributed by atoms with Gasteiger partial charge >= 0.3 is 0 Å². The number of ether oxygens (including phenoxy) is 1. The van der Waals surface area contributed by atoms with Crippen LogP contribution in [0.15, 0.2) is 24.3 Å². The first-order chi connectivity index (χ1) is 9.56. The Labute approximate surface area is 120 Å². The quantitative estimate of drug-likeness (QED) is 0.924. The van der Waals surface area contributed by atoms with Crippen molar-refractivity contribution in [1.29, 1.82) is 0 Å². The van der Waals surface area contributed by atoms with Gasteiger partial charge in [-0.1, -0.05) is 18.6 Å². The molecule has 2 N–H and O–H groups in total. The second-order valence-corrected chi connectivity index (χ2v) is 8.15. The molecule has 2 unspecified atom stereocenters. The molecule has 0 bridgehead atoms. The number of benzene rings is 1. The Bertz CT molecular complexity index is 563. The van der Waals surface area contributed by atoms with Gasteiger partial charge in [0.05, 0.1) is 17.1 Å².